The second-order valence-electron chi connectivity index (χ2n) is 3.40. The molecule has 0 saturated heterocycles. The minimum atomic E-state index is 0.574. The van der Waals surface area contributed by atoms with E-state index in [1.807, 2.05) is 12.1 Å². The molecule has 1 aromatic rings. The van der Waals surface area contributed by atoms with Gasteiger partial charge in [0.15, 0.2) is 0 Å². The Labute approximate surface area is 102 Å². The highest BCUT2D eigenvalue weighted by molar-refractivity contribution is 9.10. The summed E-state index contributed by atoms with van der Waals surface area (Å²) in [7, 11) is 0. The van der Waals surface area contributed by atoms with Crippen molar-refractivity contribution in [2.45, 2.75) is 13.5 Å². The van der Waals surface area contributed by atoms with Crippen molar-refractivity contribution < 1.29 is 4.74 Å². The summed E-state index contributed by atoms with van der Waals surface area (Å²) in [5, 5.41) is 0.993. The van der Waals surface area contributed by atoms with E-state index in [9.17, 15) is 0 Å². The zero-order valence-corrected chi connectivity index (χ0v) is 11.3. The number of hydrogen-bond donors (Lipinski definition) is 0. The summed E-state index contributed by atoms with van der Waals surface area (Å²) >= 11 is 6.83. The largest absolute Gasteiger partial charge is 0.376 e. The van der Waals surface area contributed by atoms with Crippen LogP contribution in [-0.4, -0.2) is 11.9 Å². The van der Waals surface area contributed by atoms with Gasteiger partial charge in [0.1, 0.15) is 0 Å². The first kappa shape index (κ1) is 12.2. The molecule has 0 radical (unpaired) electrons. The van der Waals surface area contributed by atoms with Gasteiger partial charge in [-0.1, -0.05) is 50.9 Å². The Morgan fingerprint density at radius 2 is 1.93 bits per heavy atom. The quantitative estimate of drug-likeness (QED) is 0.745. The van der Waals surface area contributed by atoms with Gasteiger partial charge in [0.25, 0.3) is 0 Å². The molecule has 3 heteroatoms. The number of ether oxygens (including phenoxy) is 1. The zero-order chi connectivity index (χ0) is 10.4. The lowest BCUT2D eigenvalue weighted by Gasteiger charge is -2.08. The van der Waals surface area contributed by atoms with Crippen LogP contribution in [-0.2, 0) is 11.3 Å². The first-order valence-corrected chi connectivity index (χ1v) is 6.52. The molecule has 0 aliphatic rings. The van der Waals surface area contributed by atoms with Crippen LogP contribution in [0.2, 0.25) is 0 Å². The van der Waals surface area contributed by atoms with Crippen LogP contribution in [0.25, 0.3) is 0 Å². The second kappa shape index (κ2) is 6.59. The van der Waals surface area contributed by atoms with Crippen LogP contribution in [0.5, 0.6) is 0 Å². The molecule has 1 aromatic carbocycles. The monoisotopic (exact) mass is 320 g/mol. The van der Waals surface area contributed by atoms with Crippen molar-refractivity contribution in [1.29, 1.82) is 0 Å². The van der Waals surface area contributed by atoms with E-state index in [2.05, 4.69) is 50.9 Å². The topological polar surface area (TPSA) is 9.23 Å². The van der Waals surface area contributed by atoms with E-state index >= 15 is 0 Å². The lowest BCUT2D eigenvalue weighted by Crippen LogP contribution is -2.06. The maximum absolute atomic E-state index is 5.57. The Kier molecular flexibility index (Phi) is 5.75. The number of rotatable bonds is 5. The molecule has 0 aliphatic carbocycles. The zero-order valence-electron chi connectivity index (χ0n) is 8.17. The van der Waals surface area contributed by atoms with Crippen LogP contribution < -0.4 is 0 Å². The molecule has 0 heterocycles. The number of alkyl halides is 1. The van der Waals surface area contributed by atoms with E-state index in [1.54, 1.807) is 0 Å². The van der Waals surface area contributed by atoms with Gasteiger partial charge < -0.3 is 4.74 Å². The van der Waals surface area contributed by atoms with Gasteiger partial charge >= 0.3 is 0 Å². The third-order valence-corrected chi connectivity index (χ3v) is 3.48. The van der Waals surface area contributed by atoms with E-state index in [1.165, 1.54) is 5.56 Å². The van der Waals surface area contributed by atoms with Crippen LogP contribution in [0.4, 0.5) is 0 Å². The smallest absolute Gasteiger partial charge is 0.0717 e. The van der Waals surface area contributed by atoms with Gasteiger partial charge in [-0.2, -0.15) is 0 Å². The lowest BCUT2D eigenvalue weighted by atomic mass is 10.2. The lowest BCUT2D eigenvalue weighted by molar-refractivity contribution is 0.0985. The molecular formula is C11H14Br2O. The van der Waals surface area contributed by atoms with Crippen LogP contribution >= 0.6 is 31.9 Å². The molecule has 0 N–H and O–H groups in total. The van der Waals surface area contributed by atoms with Crippen molar-refractivity contribution in [3.8, 4) is 0 Å². The number of benzene rings is 1. The van der Waals surface area contributed by atoms with Gasteiger partial charge in [-0.05, 0) is 23.6 Å². The van der Waals surface area contributed by atoms with Crippen LogP contribution in [0.3, 0.4) is 0 Å². The molecule has 0 spiro atoms. The minimum absolute atomic E-state index is 0.574. The SMILES string of the molecule is CC(CBr)COCc1ccc(Br)cc1. The second-order valence-corrected chi connectivity index (χ2v) is 4.96. The third-order valence-electron chi connectivity index (χ3n) is 1.85. The maximum atomic E-state index is 5.57. The summed E-state index contributed by atoms with van der Waals surface area (Å²) in [6.07, 6.45) is 0. The van der Waals surface area contributed by atoms with Crippen molar-refractivity contribution in [1.82, 2.24) is 0 Å². The van der Waals surface area contributed by atoms with Crippen LogP contribution in [0.1, 0.15) is 12.5 Å². The van der Waals surface area contributed by atoms with Crippen molar-refractivity contribution in [3.05, 3.63) is 34.3 Å². The molecule has 0 aliphatic heterocycles. The molecule has 1 nitrogen and oxygen atoms in total. The maximum Gasteiger partial charge on any atom is 0.0717 e. The summed E-state index contributed by atoms with van der Waals surface area (Å²) in [5.41, 5.74) is 1.22. The van der Waals surface area contributed by atoms with E-state index in [0.717, 1.165) is 16.4 Å². The molecule has 1 atom stereocenters. The van der Waals surface area contributed by atoms with Crippen molar-refractivity contribution >= 4 is 31.9 Å². The van der Waals surface area contributed by atoms with Crippen molar-refractivity contribution in [2.75, 3.05) is 11.9 Å². The number of halogens is 2. The highest BCUT2D eigenvalue weighted by atomic mass is 79.9. The predicted molar refractivity (Wildman–Crippen MR) is 66.8 cm³/mol. The molecule has 78 valence electrons. The first-order valence-electron chi connectivity index (χ1n) is 4.60. The average molecular weight is 322 g/mol. The van der Waals surface area contributed by atoms with Gasteiger partial charge in [-0.25, -0.2) is 0 Å². The van der Waals surface area contributed by atoms with Gasteiger partial charge in [-0.15, -0.1) is 0 Å². The molecule has 0 fully saturated rings. The third kappa shape index (κ3) is 4.58. The molecule has 0 bridgehead atoms. The fraction of sp³-hybridized carbons (Fsp3) is 0.455. The van der Waals surface area contributed by atoms with E-state index in [-0.39, 0.29) is 0 Å². The van der Waals surface area contributed by atoms with Crippen molar-refractivity contribution in [3.63, 3.8) is 0 Å². The number of hydrogen-bond acceptors (Lipinski definition) is 1. The Bertz CT molecular complexity index is 258. The Morgan fingerprint density at radius 3 is 2.50 bits per heavy atom. The molecule has 0 saturated carbocycles. The normalized spacial score (nSPS) is 12.8. The highest BCUT2D eigenvalue weighted by Gasteiger charge is 1.99. The highest BCUT2D eigenvalue weighted by Crippen LogP contribution is 2.11. The summed E-state index contributed by atoms with van der Waals surface area (Å²) < 4.78 is 6.67. The Balaban J connectivity index is 2.28. The van der Waals surface area contributed by atoms with Gasteiger partial charge in [0.2, 0.25) is 0 Å². The summed E-state index contributed by atoms with van der Waals surface area (Å²) in [6.45, 7) is 3.67. The fourth-order valence-corrected chi connectivity index (χ4v) is 1.45. The molecule has 1 unspecified atom stereocenters. The summed E-state index contributed by atoms with van der Waals surface area (Å²) in [5.74, 6) is 0.574. The van der Waals surface area contributed by atoms with Gasteiger partial charge in [0, 0.05) is 9.80 Å². The van der Waals surface area contributed by atoms with E-state index in [4.69, 9.17) is 4.74 Å². The van der Waals surface area contributed by atoms with Crippen LogP contribution in [0, 0.1) is 5.92 Å². The molecule has 0 aromatic heterocycles. The van der Waals surface area contributed by atoms with Gasteiger partial charge in [-0.3, -0.25) is 0 Å². The Morgan fingerprint density at radius 1 is 1.29 bits per heavy atom. The van der Waals surface area contributed by atoms with Crippen LogP contribution in [0.15, 0.2) is 28.7 Å². The molecule has 0 amide bonds. The first-order chi connectivity index (χ1) is 6.72. The summed E-state index contributed by atoms with van der Waals surface area (Å²) in [6, 6.07) is 8.21. The van der Waals surface area contributed by atoms with Gasteiger partial charge in [0.05, 0.1) is 13.2 Å². The van der Waals surface area contributed by atoms with Crippen molar-refractivity contribution in [2.24, 2.45) is 5.92 Å². The molecule has 14 heavy (non-hydrogen) atoms. The minimum Gasteiger partial charge on any atom is -0.376 e. The molecular weight excluding hydrogens is 308 g/mol. The van der Waals surface area contributed by atoms with E-state index in [0.29, 0.717) is 12.5 Å². The summed E-state index contributed by atoms with van der Waals surface area (Å²) in [4.78, 5) is 0. The predicted octanol–water partition coefficient (Wildman–Crippen LogP) is 4.00. The fourth-order valence-electron chi connectivity index (χ4n) is 1.00. The standard InChI is InChI=1S/C11H14Br2O/c1-9(6-12)7-14-8-10-2-4-11(13)5-3-10/h2-5,9H,6-8H2,1H3. The van der Waals surface area contributed by atoms with E-state index < -0.39 is 0 Å². The average Bonchev–Trinajstić information content (AvgIpc) is 2.21. The molecule has 1 rings (SSSR count). The Hall–Kier alpha value is 0.140.